The van der Waals surface area contributed by atoms with Crippen molar-refractivity contribution in [2.75, 3.05) is 4.90 Å². The maximum absolute atomic E-state index is 2.53. The molecule has 0 spiro atoms. The van der Waals surface area contributed by atoms with E-state index in [1.807, 2.05) is 0 Å². The summed E-state index contributed by atoms with van der Waals surface area (Å²) >= 11 is 0. The Morgan fingerprint density at radius 1 is 0.491 bits per heavy atom. The van der Waals surface area contributed by atoms with Gasteiger partial charge in [0.05, 0.1) is 11.0 Å². The molecule has 6 atom stereocenters. The van der Waals surface area contributed by atoms with Gasteiger partial charge in [0.15, 0.2) is 0 Å². The Morgan fingerprint density at radius 3 is 1.67 bits per heavy atom. The van der Waals surface area contributed by atoms with Crippen LogP contribution in [0.15, 0.2) is 133 Å². The minimum atomic E-state index is -0.157. The topological polar surface area (TPSA) is 8.17 Å². The first kappa shape index (κ1) is 32.2. The Labute approximate surface area is 325 Å². The summed E-state index contributed by atoms with van der Waals surface area (Å²) in [6, 6.07) is 51.6. The largest absolute Gasteiger partial charge is 0.310 e. The van der Waals surface area contributed by atoms with E-state index >= 15 is 0 Å². The first-order valence-corrected chi connectivity index (χ1v) is 21.3. The van der Waals surface area contributed by atoms with Crippen LogP contribution in [0.5, 0.6) is 0 Å². The second kappa shape index (κ2) is 12.0. The molecule has 0 aliphatic heterocycles. The van der Waals surface area contributed by atoms with Crippen molar-refractivity contribution in [3.05, 3.63) is 156 Å². The highest BCUT2D eigenvalue weighted by Crippen LogP contribution is 2.56. The quantitative estimate of drug-likeness (QED) is 0.166. The van der Waals surface area contributed by atoms with E-state index in [-0.39, 0.29) is 5.41 Å². The highest BCUT2D eigenvalue weighted by atomic mass is 15.1. The predicted octanol–water partition coefficient (Wildman–Crippen LogP) is 14.4. The summed E-state index contributed by atoms with van der Waals surface area (Å²) in [7, 11) is 0. The lowest BCUT2D eigenvalue weighted by molar-refractivity contribution is 0.420. The number of fused-ring (bicyclic) bond motifs is 10. The lowest BCUT2D eigenvalue weighted by Gasteiger charge is -2.29. The molecule has 5 aliphatic carbocycles. The van der Waals surface area contributed by atoms with Gasteiger partial charge in [0.1, 0.15) is 0 Å². The van der Waals surface area contributed by atoms with Crippen LogP contribution in [0.3, 0.4) is 0 Å². The molecule has 5 aliphatic rings. The fourth-order valence-electron chi connectivity index (χ4n) is 12.7. The van der Waals surface area contributed by atoms with Crippen LogP contribution in [-0.4, -0.2) is 4.57 Å². The van der Waals surface area contributed by atoms with Crippen molar-refractivity contribution in [3.8, 4) is 16.8 Å². The monoisotopic (exact) mass is 714 g/mol. The molecular weight excluding hydrogens is 665 g/mol. The molecule has 1 heterocycles. The van der Waals surface area contributed by atoms with Crippen LogP contribution < -0.4 is 4.90 Å². The van der Waals surface area contributed by atoms with Gasteiger partial charge in [-0.3, -0.25) is 0 Å². The molecule has 12 rings (SSSR count). The summed E-state index contributed by atoms with van der Waals surface area (Å²) < 4.78 is 2.46. The Kier molecular flexibility index (Phi) is 7.00. The second-order valence-corrected chi connectivity index (χ2v) is 18.5. The second-order valence-electron chi connectivity index (χ2n) is 18.5. The van der Waals surface area contributed by atoms with Crippen molar-refractivity contribution in [3.63, 3.8) is 0 Å². The van der Waals surface area contributed by atoms with Gasteiger partial charge in [0.2, 0.25) is 0 Å². The average molecular weight is 715 g/mol. The van der Waals surface area contributed by atoms with Gasteiger partial charge in [0, 0.05) is 38.9 Å². The fraction of sp³-hybridized carbons (Fsp3) is 0.321. The van der Waals surface area contributed by atoms with Crippen molar-refractivity contribution in [2.45, 2.75) is 82.5 Å². The minimum absolute atomic E-state index is 0.157. The SMILES string of the molecule is CC1(C)c2cc(N(c3ccc(C4CC5CCC4C5)cc3)c3ccc(C4CC5CCC4C5)cc3)ccc2-c2cc3c4ccccc4n(-c4ccccc4)c3cc21. The number of benzene rings is 6. The van der Waals surface area contributed by atoms with Gasteiger partial charge in [0.25, 0.3) is 0 Å². The van der Waals surface area contributed by atoms with Crippen molar-refractivity contribution in [1.29, 1.82) is 0 Å². The molecular formula is C53H50N2. The van der Waals surface area contributed by atoms with Crippen LogP contribution in [0.4, 0.5) is 17.1 Å². The van der Waals surface area contributed by atoms with Gasteiger partial charge < -0.3 is 9.47 Å². The molecule has 6 aromatic carbocycles. The van der Waals surface area contributed by atoms with Crippen LogP contribution in [-0.2, 0) is 5.41 Å². The van der Waals surface area contributed by atoms with Crippen LogP contribution >= 0.6 is 0 Å². The highest BCUT2D eigenvalue weighted by Gasteiger charge is 2.42. The van der Waals surface area contributed by atoms with Crippen LogP contribution in [0.25, 0.3) is 38.6 Å². The molecule has 0 saturated heterocycles. The average Bonchev–Trinajstić information content (AvgIpc) is 4.10. The van der Waals surface area contributed by atoms with Gasteiger partial charge in [-0.15, -0.1) is 0 Å². The molecule has 55 heavy (non-hydrogen) atoms. The normalized spacial score (nSPS) is 25.6. The zero-order chi connectivity index (χ0) is 36.4. The molecule has 7 aromatic rings. The number of aromatic nitrogens is 1. The zero-order valence-electron chi connectivity index (χ0n) is 32.2. The minimum Gasteiger partial charge on any atom is -0.310 e. The van der Waals surface area contributed by atoms with E-state index < -0.39 is 0 Å². The van der Waals surface area contributed by atoms with Crippen molar-refractivity contribution in [2.24, 2.45) is 23.7 Å². The summed E-state index contributed by atoms with van der Waals surface area (Å²) in [5.74, 6) is 5.18. The molecule has 4 fully saturated rings. The Bertz CT molecular complexity index is 2540. The number of hydrogen-bond acceptors (Lipinski definition) is 1. The Hall–Kier alpha value is -5.08. The van der Waals surface area contributed by atoms with Gasteiger partial charge in [-0.05, 0) is 174 Å². The molecule has 6 unspecified atom stereocenters. The van der Waals surface area contributed by atoms with E-state index in [1.165, 1.54) is 118 Å². The molecule has 4 saturated carbocycles. The zero-order valence-corrected chi connectivity index (χ0v) is 32.2. The van der Waals surface area contributed by atoms with E-state index in [4.69, 9.17) is 0 Å². The van der Waals surface area contributed by atoms with Crippen LogP contribution in [0.1, 0.15) is 99.3 Å². The summed E-state index contributed by atoms with van der Waals surface area (Å²) in [6.45, 7) is 4.86. The van der Waals surface area contributed by atoms with Gasteiger partial charge in [-0.1, -0.05) is 93.4 Å². The third-order valence-corrected chi connectivity index (χ3v) is 15.4. The number of hydrogen-bond donors (Lipinski definition) is 0. The lowest BCUT2D eigenvalue weighted by Crippen LogP contribution is -2.17. The Morgan fingerprint density at radius 2 is 1.07 bits per heavy atom. The van der Waals surface area contributed by atoms with E-state index in [9.17, 15) is 0 Å². The van der Waals surface area contributed by atoms with Crippen LogP contribution in [0.2, 0.25) is 0 Å². The molecule has 4 bridgehead atoms. The smallest absolute Gasteiger partial charge is 0.0544 e. The number of nitrogens with zero attached hydrogens (tertiary/aromatic N) is 2. The van der Waals surface area contributed by atoms with E-state index in [2.05, 4.69) is 157 Å². The van der Waals surface area contributed by atoms with E-state index in [0.717, 1.165) is 35.5 Å². The summed E-state index contributed by atoms with van der Waals surface area (Å²) in [5.41, 5.74) is 16.0. The van der Waals surface area contributed by atoms with Gasteiger partial charge in [-0.2, -0.15) is 0 Å². The first-order chi connectivity index (χ1) is 27.0. The van der Waals surface area contributed by atoms with Crippen molar-refractivity contribution < 1.29 is 0 Å². The maximum atomic E-state index is 2.53. The molecule has 1 aromatic heterocycles. The third kappa shape index (κ3) is 4.86. The third-order valence-electron chi connectivity index (χ3n) is 15.4. The Balaban J connectivity index is 0.970. The lowest BCUT2D eigenvalue weighted by atomic mass is 9.82. The summed E-state index contributed by atoms with van der Waals surface area (Å²) in [4.78, 5) is 2.53. The maximum Gasteiger partial charge on any atom is 0.0544 e. The fourth-order valence-corrected chi connectivity index (χ4v) is 12.7. The predicted molar refractivity (Wildman–Crippen MR) is 229 cm³/mol. The molecule has 0 radical (unpaired) electrons. The molecule has 0 N–H and O–H groups in total. The van der Waals surface area contributed by atoms with Gasteiger partial charge >= 0.3 is 0 Å². The number of para-hydroxylation sites is 2. The van der Waals surface area contributed by atoms with Gasteiger partial charge in [-0.25, -0.2) is 0 Å². The van der Waals surface area contributed by atoms with Crippen LogP contribution in [0, 0.1) is 23.7 Å². The molecule has 2 nitrogen and oxygen atoms in total. The summed E-state index contributed by atoms with van der Waals surface area (Å²) in [5, 5.41) is 2.62. The van der Waals surface area contributed by atoms with Crippen molar-refractivity contribution >= 4 is 38.9 Å². The summed E-state index contributed by atoms with van der Waals surface area (Å²) in [6.07, 6.45) is 11.4. The number of rotatable bonds is 6. The van der Waals surface area contributed by atoms with E-state index in [0.29, 0.717) is 0 Å². The van der Waals surface area contributed by atoms with E-state index in [1.54, 1.807) is 11.1 Å². The van der Waals surface area contributed by atoms with Crippen molar-refractivity contribution in [1.82, 2.24) is 4.57 Å². The number of anilines is 3. The molecule has 0 amide bonds. The molecule has 272 valence electrons. The molecule has 2 heteroatoms. The highest BCUT2D eigenvalue weighted by molar-refractivity contribution is 6.11. The standard InChI is InChI=1S/C53H50N2/c1-53(2)49-30-42(24-25-43(49)47-31-48-44-10-6-7-11-51(44)55(52(48)32-50(47)53)39-8-4-3-5-9-39)54(40-20-16-35(17-21-40)45-28-33-12-14-37(45)26-33)41-22-18-36(19-23-41)46-29-34-13-15-38(46)27-34/h3-11,16-25,30-34,37-38,45-46H,12-15,26-29H2,1-2H3. The first-order valence-electron chi connectivity index (χ1n) is 21.3.